The second kappa shape index (κ2) is 4.97. The Balaban J connectivity index is 2.74. The Morgan fingerprint density at radius 3 is 2.40 bits per heavy atom. The van der Waals surface area contributed by atoms with Crippen LogP contribution in [0.1, 0.15) is 19.4 Å². The largest absolute Gasteiger partial charge is 0.359 e. The number of allylic oxidation sites excluding steroid dienone is 2. The second-order valence-corrected chi connectivity index (χ2v) is 3.25. The maximum Gasteiger partial charge on any atom is 0.154 e. The minimum atomic E-state index is 0.00800. The van der Waals surface area contributed by atoms with E-state index in [0.717, 1.165) is 11.4 Å². The number of hydrogen-bond donors (Lipinski definition) is 1. The van der Waals surface area contributed by atoms with Gasteiger partial charge in [-0.15, -0.1) is 0 Å². The zero-order chi connectivity index (χ0) is 11.3. The molecule has 0 amide bonds. The van der Waals surface area contributed by atoms with E-state index in [0.29, 0.717) is 5.56 Å². The predicted octanol–water partition coefficient (Wildman–Crippen LogP) is 2.46. The van der Waals surface area contributed by atoms with Gasteiger partial charge in [-0.25, -0.2) is 0 Å². The molecular weight excluding hydrogens is 188 g/mol. The van der Waals surface area contributed by atoms with Crippen molar-refractivity contribution in [1.82, 2.24) is 0 Å². The molecule has 0 radical (unpaired) electrons. The molecule has 0 heterocycles. The number of hydrogen-bond acceptors (Lipinski definition) is 3. The summed E-state index contributed by atoms with van der Waals surface area (Å²) in [4.78, 5) is 10.8. The number of carbonyl (C=O) groups excluding carboxylic acids is 1. The molecule has 1 aromatic rings. The fourth-order valence-corrected chi connectivity index (χ4v) is 1.20. The molecule has 0 atom stereocenters. The van der Waals surface area contributed by atoms with E-state index in [1.54, 1.807) is 24.3 Å². The molecule has 76 valence electrons. The predicted molar refractivity (Wildman–Crippen MR) is 59.2 cm³/mol. The summed E-state index contributed by atoms with van der Waals surface area (Å²) in [5.74, 6) is 0.00800. The van der Waals surface area contributed by atoms with Gasteiger partial charge in [0.1, 0.15) is 0 Å². The maximum atomic E-state index is 10.8. The van der Waals surface area contributed by atoms with E-state index < -0.39 is 0 Å². The van der Waals surface area contributed by atoms with Crippen LogP contribution in [-0.4, -0.2) is 5.78 Å². The van der Waals surface area contributed by atoms with Crippen molar-refractivity contribution in [3.8, 4) is 6.07 Å². The Morgan fingerprint density at radius 1 is 1.33 bits per heavy atom. The Kier molecular flexibility index (Phi) is 3.64. The van der Waals surface area contributed by atoms with Gasteiger partial charge in [-0.3, -0.25) is 4.79 Å². The van der Waals surface area contributed by atoms with Crippen LogP contribution in [0, 0.1) is 11.3 Å². The van der Waals surface area contributed by atoms with Crippen molar-refractivity contribution in [1.29, 1.82) is 5.26 Å². The molecule has 3 nitrogen and oxygen atoms in total. The van der Waals surface area contributed by atoms with Crippen LogP contribution in [0.25, 0.3) is 0 Å². The highest BCUT2D eigenvalue weighted by molar-refractivity contribution is 5.88. The summed E-state index contributed by atoms with van der Waals surface area (Å²) >= 11 is 0. The van der Waals surface area contributed by atoms with E-state index in [2.05, 4.69) is 5.32 Å². The van der Waals surface area contributed by atoms with E-state index in [-0.39, 0.29) is 5.78 Å². The topological polar surface area (TPSA) is 52.9 Å². The molecule has 0 aliphatic carbocycles. The molecule has 0 aliphatic rings. The molecule has 0 unspecified atom stereocenters. The first-order valence-electron chi connectivity index (χ1n) is 4.58. The molecular formula is C12H12N2O. The quantitative estimate of drug-likeness (QED) is 0.762. The van der Waals surface area contributed by atoms with Gasteiger partial charge in [-0.1, -0.05) is 0 Å². The molecule has 1 aromatic carbocycles. The van der Waals surface area contributed by atoms with Crippen molar-refractivity contribution in [2.45, 2.75) is 13.8 Å². The Hall–Kier alpha value is -2.08. The number of nitrogens with one attached hydrogen (secondary N) is 1. The highest BCUT2D eigenvalue weighted by Gasteiger charge is 1.95. The van der Waals surface area contributed by atoms with Crippen molar-refractivity contribution in [3.63, 3.8) is 0 Å². The zero-order valence-corrected chi connectivity index (χ0v) is 8.74. The minimum Gasteiger partial charge on any atom is -0.359 e. The Labute approximate surface area is 89.0 Å². The summed E-state index contributed by atoms with van der Waals surface area (Å²) in [5.41, 5.74) is 2.27. The van der Waals surface area contributed by atoms with E-state index in [1.807, 2.05) is 13.0 Å². The van der Waals surface area contributed by atoms with Crippen molar-refractivity contribution < 1.29 is 4.79 Å². The van der Waals surface area contributed by atoms with Crippen LogP contribution in [0.4, 0.5) is 5.69 Å². The summed E-state index contributed by atoms with van der Waals surface area (Å²) in [6.07, 6.45) is 1.53. The van der Waals surface area contributed by atoms with Crippen LogP contribution in [0.15, 0.2) is 36.0 Å². The zero-order valence-electron chi connectivity index (χ0n) is 8.74. The fourth-order valence-electron chi connectivity index (χ4n) is 1.20. The number of anilines is 1. The van der Waals surface area contributed by atoms with Gasteiger partial charge < -0.3 is 5.32 Å². The van der Waals surface area contributed by atoms with Crippen molar-refractivity contribution in [2.75, 3.05) is 5.32 Å². The van der Waals surface area contributed by atoms with Crippen LogP contribution in [-0.2, 0) is 4.79 Å². The molecule has 0 spiro atoms. The lowest BCUT2D eigenvalue weighted by Gasteiger charge is -2.05. The van der Waals surface area contributed by atoms with Crippen LogP contribution in [0.2, 0.25) is 0 Å². The van der Waals surface area contributed by atoms with Gasteiger partial charge in [-0.2, -0.15) is 5.26 Å². The Morgan fingerprint density at radius 2 is 1.93 bits per heavy atom. The molecule has 0 saturated heterocycles. The lowest BCUT2D eigenvalue weighted by atomic mass is 10.2. The third-order valence-electron chi connectivity index (χ3n) is 1.78. The second-order valence-electron chi connectivity index (χ2n) is 3.25. The van der Waals surface area contributed by atoms with Crippen molar-refractivity contribution >= 4 is 11.5 Å². The van der Waals surface area contributed by atoms with Crippen molar-refractivity contribution in [3.05, 3.63) is 41.6 Å². The number of nitriles is 1. The highest BCUT2D eigenvalue weighted by Crippen LogP contribution is 2.11. The average molecular weight is 200 g/mol. The first kappa shape index (κ1) is 11.0. The molecule has 0 aromatic heterocycles. The molecule has 0 aliphatic heterocycles. The van der Waals surface area contributed by atoms with Crippen molar-refractivity contribution in [2.24, 2.45) is 0 Å². The molecule has 0 fully saturated rings. The monoisotopic (exact) mass is 200 g/mol. The lowest BCUT2D eigenvalue weighted by Crippen LogP contribution is -1.97. The van der Waals surface area contributed by atoms with E-state index in [9.17, 15) is 4.79 Å². The van der Waals surface area contributed by atoms with Gasteiger partial charge in [0.05, 0.1) is 11.6 Å². The van der Waals surface area contributed by atoms with Crippen LogP contribution >= 0.6 is 0 Å². The lowest BCUT2D eigenvalue weighted by molar-refractivity contribution is -0.112. The van der Waals surface area contributed by atoms with Gasteiger partial charge in [0.2, 0.25) is 0 Å². The summed E-state index contributed by atoms with van der Waals surface area (Å²) in [6.45, 7) is 3.32. The summed E-state index contributed by atoms with van der Waals surface area (Å²) in [7, 11) is 0. The Bertz CT molecular complexity index is 424. The average Bonchev–Trinajstić information content (AvgIpc) is 2.17. The smallest absolute Gasteiger partial charge is 0.154 e. The standard InChI is InChI=1S/C12H12N2O/c1-9(7-10(2)15)14-12-5-3-11(8-13)4-6-12/h3-7,14H,1-2H3. The first-order chi connectivity index (χ1) is 7.11. The third-order valence-corrected chi connectivity index (χ3v) is 1.78. The first-order valence-corrected chi connectivity index (χ1v) is 4.58. The molecule has 0 saturated carbocycles. The molecule has 3 heteroatoms. The SMILES string of the molecule is CC(=O)C=C(C)Nc1ccc(C#N)cc1. The number of ketones is 1. The summed E-state index contributed by atoms with van der Waals surface area (Å²) in [6, 6.07) is 9.10. The van der Waals surface area contributed by atoms with E-state index >= 15 is 0 Å². The number of nitrogens with zero attached hydrogens (tertiary/aromatic N) is 1. The van der Waals surface area contributed by atoms with Crippen LogP contribution < -0.4 is 5.32 Å². The summed E-state index contributed by atoms with van der Waals surface area (Å²) < 4.78 is 0. The van der Waals surface area contributed by atoms with Crippen LogP contribution in [0.5, 0.6) is 0 Å². The van der Waals surface area contributed by atoms with Gasteiger partial charge in [0.25, 0.3) is 0 Å². The molecule has 0 bridgehead atoms. The van der Waals surface area contributed by atoms with Crippen LogP contribution in [0.3, 0.4) is 0 Å². The number of rotatable bonds is 3. The van der Waals surface area contributed by atoms with Gasteiger partial charge >= 0.3 is 0 Å². The fraction of sp³-hybridized carbons (Fsp3) is 0.167. The van der Waals surface area contributed by atoms with E-state index in [1.165, 1.54) is 13.0 Å². The molecule has 1 rings (SSSR count). The molecule has 15 heavy (non-hydrogen) atoms. The van der Waals surface area contributed by atoms with Gasteiger partial charge in [-0.05, 0) is 44.2 Å². The van der Waals surface area contributed by atoms with E-state index in [4.69, 9.17) is 5.26 Å². The third kappa shape index (κ3) is 3.65. The van der Waals surface area contributed by atoms with Gasteiger partial charge in [0.15, 0.2) is 5.78 Å². The van der Waals surface area contributed by atoms with Gasteiger partial charge in [0, 0.05) is 11.4 Å². The highest BCUT2D eigenvalue weighted by atomic mass is 16.1. The minimum absolute atomic E-state index is 0.00800. The summed E-state index contributed by atoms with van der Waals surface area (Å²) in [5, 5.41) is 11.7. The number of benzene rings is 1. The normalized spacial score (nSPS) is 10.6. The molecule has 1 N–H and O–H groups in total. The maximum absolute atomic E-state index is 10.8. The number of carbonyl (C=O) groups is 1.